The van der Waals surface area contributed by atoms with Crippen molar-refractivity contribution in [2.45, 2.75) is 118 Å². The number of fused-ring (bicyclic) bond motifs is 4. The number of hydrogen-bond donors (Lipinski definition) is 0. The number of rotatable bonds is 6. The van der Waals surface area contributed by atoms with Gasteiger partial charge in [0.25, 0.3) is 0 Å². The van der Waals surface area contributed by atoms with E-state index in [1.165, 1.54) is 51.9 Å². The average Bonchev–Trinajstić information content (AvgIpc) is 3.40. The molecule has 33 heavy (non-hydrogen) atoms. The van der Waals surface area contributed by atoms with E-state index in [9.17, 15) is 9.59 Å². The van der Waals surface area contributed by atoms with Crippen molar-refractivity contribution >= 4 is 11.8 Å². The van der Waals surface area contributed by atoms with Gasteiger partial charge in [-0.1, -0.05) is 53.9 Å². The molecule has 5 rings (SSSR count). The molecule has 10 atom stereocenters. The molecular weight excluding hydrogens is 408 g/mol. The first kappa shape index (κ1) is 23.9. The van der Waals surface area contributed by atoms with Crippen LogP contribution in [0.3, 0.4) is 0 Å². The van der Waals surface area contributed by atoms with Gasteiger partial charge in [0.05, 0.1) is 0 Å². The lowest BCUT2D eigenvalue weighted by Gasteiger charge is -2.61. The van der Waals surface area contributed by atoms with Crippen molar-refractivity contribution < 1.29 is 14.3 Å². The topological polar surface area (TPSA) is 43.4 Å². The zero-order valence-electron chi connectivity index (χ0n) is 22.1. The predicted molar refractivity (Wildman–Crippen MR) is 131 cm³/mol. The fourth-order valence-corrected chi connectivity index (χ4v) is 10.6. The zero-order valence-corrected chi connectivity index (χ0v) is 22.1. The van der Waals surface area contributed by atoms with Gasteiger partial charge in [0.2, 0.25) is 0 Å². The molecule has 186 valence electrons. The highest BCUT2D eigenvalue weighted by molar-refractivity contribution is 5.91. The second-order valence-electron chi connectivity index (χ2n) is 13.9. The Hall–Kier alpha value is -0.860. The number of carbonyl (C=O) groups is 2. The summed E-state index contributed by atoms with van der Waals surface area (Å²) in [5, 5.41) is 0. The molecule has 0 amide bonds. The van der Waals surface area contributed by atoms with Crippen LogP contribution in [-0.2, 0) is 14.3 Å². The van der Waals surface area contributed by atoms with Crippen molar-refractivity contribution in [2.24, 2.45) is 57.7 Å². The molecule has 5 aliphatic carbocycles. The minimum Gasteiger partial charge on any atom is -0.462 e. The van der Waals surface area contributed by atoms with Crippen LogP contribution in [0, 0.1) is 57.7 Å². The van der Waals surface area contributed by atoms with Crippen LogP contribution in [0.25, 0.3) is 0 Å². The summed E-state index contributed by atoms with van der Waals surface area (Å²) in [6.07, 6.45) is 13.2. The lowest BCUT2D eigenvalue weighted by atomic mass is 9.43. The molecule has 0 aromatic rings. The minimum atomic E-state index is -0.181. The third-order valence-corrected chi connectivity index (χ3v) is 12.1. The number of esters is 1. The Kier molecular flexibility index (Phi) is 5.85. The van der Waals surface area contributed by atoms with Gasteiger partial charge in [-0.25, -0.2) is 0 Å². The normalized spacial score (nSPS) is 49.0. The average molecular weight is 457 g/mol. The SMILES string of the molecule is CC(=O)OC1CCC2(C)C3CCC4(C)C(C(C)CCCC(C)C)CCC4C3CC(=O)C23CC13. The quantitative estimate of drug-likeness (QED) is 0.396. The molecule has 10 unspecified atom stereocenters. The maximum absolute atomic E-state index is 13.9. The largest absolute Gasteiger partial charge is 0.462 e. The second kappa shape index (κ2) is 8.09. The minimum absolute atomic E-state index is 0.0209. The summed E-state index contributed by atoms with van der Waals surface area (Å²) in [5.74, 6) is 5.10. The van der Waals surface area contributed by atoms with Crippen LogP contribution in [0.5, 0.6) is 0 Å². The first-order chi connectivity index (χ1) is 15.5. The summed E-state index contributed by atoms with van der Waals surface area (Å²) in [7, 11) is 0. The lowest BCUT2D eigenvalue weighted by Crippen LogP contribution is -2.58. The number of carbonyl (C=O) groups excluding carboxylic acids is 2. The fourth-order valence-electron chi connectivity index (χ4n) is 10.6. The van der Waals surface area contributed by atoms with Crippen LogP contribution in [0.4, 0.5) is 0 Å². The molecule has 1 spiro atoms. The Labute approximate surface area is 202 Å². The fraction of sp³-hybridized carbons (Fsp3) is 0.933. The van der Waals surface area contributed by atoms with Crippen molar-refractivity contribution in [3.63, 3.8) is 0 Å². The molecule has 3 nitrogen and oxygen atoms in total. The van der Waals surface area contributed by atoms with Crippen LogP contribution in [0.1, 0.15) is 112 Å². The molecule has 3 heteroatoms. The summed E-state index contributed by atoms with van der Waals surface area (Å²) in [6, 6.07) is 0. The molecule has 0 bridgehead atoms. The van der Waals surface area contributed by atoms with E-state index in [2.05, 4.69) is 34.6 Å². The van der Waals surface area contributed by atoms with Gasteiger partial charge in [-0.2, -0.15) is 0 Å². The molecule has 5 saturated carbocycles. The molecule has 0 aromatic carbocycles. The highest BCUT2D eigenvalue weighted by Crippen LogP contribution is 2.79. The number of hydrogen-bond acceptors (Lipinski definition) is 3. The molecule has 0 aliphatic heterocycles. The highest BCUT2D eigenvalue weighted by atomic mass is 16.5. The summed E-state index contributed by atoms with van der Waals surface area (Å²) < 4.78 is 5.70. The third kappa shape index (κ3) is 3.40. The monoisotopic (exact) mass is 456 g/mol. The van der Waals surface area contributed by atoms with E-state index in [-0.39, 0.29) is 22.9 Å². The molecule has 0 N–H and O–H groups in total. The maximum atomic E-state index is 13.9. The Morgan fingerprint density at radius 1 is 1.00 bits per heavy atom. The van der Waals surface area contributed by atoms with Crippen LogP contribution in [-0.4, -0.2) is 17.9 Å². The molecule has 0 saturated heterocycles. The zero-order chi connectivity index (χ0) is 23.8. The van der Waals surface area contributed by atoms with Crippen LogP contribution >= 0.6 is 0 Å². The first-order valence-electron chi connectivity index (χ1n) is 14.2. The van der Waals surface area contributed by atoms with Crippen LogP contribution in [0.15, 0.2) is 0 Å². The van der Waals surface area contributed by atoms with Gasteiger partial charge < -0.3 is 4.74 Å². The third-order valence-electron chi connectivity index (χ3n) is 12.1. The van der Waals surface area contributed by atoms with Crippen LogP contribution < -0.4 is 0 Å². The smallest absolute Gasteiger partial charge is 0.302 e. The molecule has 0 radical (unpaired) electrons. The van der Waals surface area contributed by atoms with Gasteiger partial charge in [-0.15, -0.1) is 0 Å². The van der Waals surface area contributed by atoms with E-state index < -0.39 is 0 Å². The lowest BCUT2D eigenvalue weighted by molar-refractivity contribution is -0.172. The Morgan fingerprint density at radius 3 is 2.45 bits per heavy atom. The van der Waals surface area contributed by atoms with E-state index in [1.807, 2.05) is 0 Å². The van der Waals surface area contributed by atoms with Gasteiger partial charge in [0.1, 0.15) is 11.9 Å². The van der Waals surface area contributed by atoms with Crippen molar-refractivity contribution in [1.82, 2.24) is 0 Å². The molecule has 5 aliphatic rings. The number of ether oxygens (including phenoxy) is 1. The van der Waals surface area contributed by atoms with Gasteiger partial charge in [-0.05, 0) is 91.3 Å². The summed E-state index contributed by atoms with van der Waals surface area (Å²) >= 11 is 0. The van der Waals surface area contributed by atoms with E-state index >= 15 is 0 Å². The molecular formula is C30H48O3. The van der Waals surface area contributed by atoms with Crippen LogP contribution in [0.2, 0.25) is 0 Å². The molecule has 0 aromatic heterocycles. The van der Waals surface area contributed by atoms with Gasteiger partial charge in [0.15, 0.2) is 0 Å². The van der Waals surface area contributed by atoms with E-state index in [0.29, 0.717) is 29.0 Å². The number of ketones is 1. The van der Waals surface area contributed by atoms with Gasteiger partial charge >= 0.3 is 5.97 Å². The Morgan fingerprint density at radius 2 is 1.76 bits per heavy atom. The second-order valence-corrected chi connectivity index (χ2v) is 13.9. The predicted octanol–water partition coefficient (Wildman–Crippen LogP) is 7.22. The Balaban J connectivity index is 1.34. The first-order valence-corrected chi connectivity index (χ1v) is 14.2. The maximum Gasteiger partial charge on any atom is 0.302 e. The van der Waals surface area contributed by atoms with Crippen molar-refractivity contribution in [3.8, 4) is 0 Å². The molecule has 0 heterocycles. The van der Waals surface area contributed by atoms with Gasteiger partial charge in [-0.3, -0.25) is 9.59 Å². The summed E-state index contributed by atoms with van der Waals surface area (Å²) in [6.45, 7) is 13.8. The number of Topliss-reactive ketones (excluding diaryl/α,β-unsaturated/α-hetero) is 1. The standard InChI is InChI=1S/C30H48O3/c1-18(2)8-7-9-19(3)22-10-11-23-21-16-27(32)30-17-25(30)26(33-20(4)31)13-15-29(30,6)24(21)12-14-28(22,23)5/h18-19,21-26H,7-17H2,1-6H3. The van der Waals surface area contributed by atoms with Crippen molar-refractivity contribution in [1.29, 1.82) is 0 Å². The van der Waals surface area contributed by atoms with E-state index in [0.717, 1.165) is 49.4 Å². The highest BCUT2D eigenvalue weighted by Gasteiger charge is 2.78. The molecule has 5 fully saturated rings. The van der Waals surface area contributed by atoms with E-state index in [1.54, 1.807) is 0 Å². The summed E-state index contributed by atoms with van der Waals surface area (Å²) in [4.78, 5) is 25.5. The van der Waals surface area contributed by atoms with Gasteiger partial charge in [0, 0.05) is 24.7 Å². The van der Waals surface area contributed by atoms with Crippen molar-refractivity contribution in [2.75, 3.05) is 0 Å². The van der Waals surface area contributed by atoms with E-state index in [4.69, 9.17) is 4.74 Å². The van der Waals surface area contributed by atoms with Crippen molar-refractivity contribution in [3.05, 3.63) is 0 Å². The summed E-state index contributed by atoms with van der Waals surface area (Å²) in [5.41, 5.74) is 0.372. The Bertz CT molecular complexity index is 802.